The number of nitrogens with zero attached hydrogens (tertiary/aromatic N) is 2. The molecule has 1 aliphatic heterocycles. The molecule has 5 rings (SSSR count). The maximum Gasteiger partial charge on any atom is 0.410 e. The monoisotopic (exact) mass is 610 g/mol. The Morgan fingerprint density at radius 3 is 2.71 bits per heavy atom. The van der Waals surface area contributed by atoms with Crippen LogP contribution in [0.4, 0.5) is 24.0 Å². The average molecular weight is 611 g/mol. The number of fused-ring (bicyclic) bond motifs is 2. The van der Waals surface area contributed by atoms with Crippen molar-refractivity contribution in [1.82, 2.24) is 9.78 Å². The van der Waals surface area contributed by atoms with E-state index in [-0.39, 0.29) is 24.4 Å². The number of aromatic nitrogens is 2. The molecule has 202 valence electrons. The molecule has 12 heteroatoms. The van der Waals surface area contributed by atoms with E-state index in [1.807, 2.05) is 0 Å². The van der Waals surface area contributed by atoms with Gasteiger partial charge in [-0.15, -0.1) is 11.3 Å². The second-order valence-electron chi connectivity index (χ2n) is 9.62. The van der Waals surface area contributed by atoms with Gasteiger partial charge in [-0.1, -0.05) is 35.0 Å². The Kier molecular flexibility index (Phi) is 7.29. The molecule has 3 aromatic rings. The van der Waals surface area contributed by atoms with E-state index in [4.69, 9.17) is 4.74 Å². The van der Waals surface area contributed by atoms with Crippen LogP contribution in [0.5, 0.6) is 0 Å². The summed E-state index contributed by atoms with van der Waals surface area (Å²) in [6.45, 7) is 4.03. The predicted molar refractivity (Wildman–Crippen MR) is 142 cm³/mol. The van der Waals surface area contributed by atoms with E-state index in [2.05, 4.69) is 38.6 Å². The molecular weight excluding hydrogens is 585 g/mol. The molecule has 0 spiro atoms. The number of carbonyl (C=O) groups excluding carboxylic acids is 2. The Hall–Kier alpha value is -2.86. The predicted octanol–water partition coefficient (Wildman–Crippen LogP) is 6.92. The third-order valence-electron chi connectivity index (χ3n) is 6.97. The number of alkyl halides is 3. The highest BCUT2D eigenvalue weighted by Crippen LogP contribution is 2.45. The highest BCUT2D eigenvalue weighted by molar-refractivity contribution is 9.10. The molecule has 3 atom stereocenters. The topological polar surface area (TPSA) is 85.2 Å². The lowest BCUT2D eigenvalue weighted by atomic mass is 9.88. The van der Waals surface area contributed by atoms with Crippen LogP contribution in [0.25, 0.3) is 0 Å². The minimum absolute atomic E-state index is 0.0170. The van der Waals surface area contributed by atoms with Gasteiger partial charge in [0.05, 0.1) is 24.4 Å². The summed E-state index contributed by atoms with van der Waals surface area (Å²) in [4.78, 5) is 27.3. The molecule has 7 nitrogen and oxygen atoms in total. The maximum atomic E-state index is 14.1. The molecule has 3 heterocycles. The van der Waals surface area contributed by atoms with Gasteiger partial charge in [0.15, 0.2) is 6.04 Å². The number of ether oxygens (including phenoxy) is 1. The molecule has 0 radical (unpaired) electrons. The van der Waals surface area contributed by atoms with Gasteiger partial charge in [0.2, 0.25) is 0 Å². The summed E-state index contributed by atoms with van der Waals surface area (Å²) in [6, 6.07) is 4.41. The summed E-state index contributed by atoms with van der Waals surface area (Å²) >= 11 is 4.67. The van der Waals surface area contributed by atoms with Gasteiger partial charge in [-0.2, -0.15) is 18.3 Å². The van der Waals surface area contributed by atoms with E-state index >= 15 is 0 Å². The molecule has 0 saturated carbocycles. The SMILES string of the molecule is CCOC(=O)c1c(NC(=O)c2cnn3c2NC(c2ccc(Br)cc2)CC3C(F)(F)F)sc2c1CCC(C)C2. The van der Waals surface area contributed by atoms with Crippen molar-refractivity contribution in [2.45, 2.75) is 57.8 Å². The molecule has 38 heavy (non-hydrogen) atoms. The number of carbonyl (C=O) groups is 2. The van der Waals surface area contributed by atoms with Crippen LogP contribution in [-0.2, 0) is 17.6 Å². The number of esters is 1. The van der Waals surface area contributed by atoms with Crippen molar-refractivity contribution in [2.24, 2.45) is 5.92 Å². The van der Waals surface area contributed by atoms with Crippen molar-refractivity contribution in [3.63, 3.8) is 0 Å². The second kappa shape index (κ2) is 10.4. The van der Waals surface area contributed by atoms with Crippen molar-refractivity contribution < 1.29 is 27.5 Å². The molecular formula is C26H26BrF3N4O3S. The number of halogens is 4. The fourth-order valence-electron chi connectivity index (χ4n) is 5.07. The Labute approximate surface area is 229 Å². The first-order valence-corrected chi connectivity index (χ1v) is 14.0. The van der Waals surface area contributed by atoms with E-state index in [1.165, 1.54) is 11.3 Å². The fourth-order valence-corrected chi connectivity index (χ4v) is 6.73. The Morgan fingerprint density at radius 1 is 1.29 bits per heavy atom. The van der Waals surface area contributed by atoms with Gasteiger partial charge in [-0.05, 0) is 55.4 Å². The molecule has 2 aliphatic rings. The van der Waals surface area contributed by atoms with Crippen molar-refractivity contribution in [1.29, 1.82) is 0 Å². The molecule has 1 aliphatic carbocycles. The Morgan fingerprint density at radius 2 is 2.03 bits per heavy atom. The van der Waals surface area contributed by atoms with Crippen LogP contribution in [0, 0.1) is 5.92 Å². The minimum Gasteiger partial charge on any atom is -0.462 e. The molecule has 1 amide bonds. The van der Waals surface area contributed by atoms with Crippen molar-refractivity contribution >= 4 is 50.0 Å². The smallest absolute Gasteiger partial charge is 0.410 e. The number of nitrogens with one attached hydrogen (secondary N) is 2. The lowest BCUT2D eigenvalue weighted by Crippen LogP contribution is -2.36. The third-order valence-corrected chi connectivity index (χ3v) is 8.67. The van der Waals surface area contributed by atoms with Crippen LogP contribution in [0.15, 0.2) is 34.9 Å². The summed E-state index contributed by atoms with van der Waals surface area (Å²) in [5.74, 6) is -0.733. The molecule has 3 unspecified atom stereocenters. The number of thiophene rings is 1. The first-order chi connectivity index (χ1) is 18.1. The van der Waals surface area contributed by atoms with Gasteiger partial charge in [0.25, 0.3) is 5.91 Å². The summed E-state index contributed by atoms with van der Waals surface area (Å²) in [5.41, 5.74) is 1.84. The van der Waals surface area contributed by atoms with E-state index in [0.717, 1.165) is 38.6 Å². The van der Waals surface area contributed by atoms with Gasteiger partial charge in [0, 0.05) is 15.8 Å². The van der Waals surface area contributed by atoms with Crippen molar-refractivity contribution in [2.75, 3.05) is 17.2 Å². The third kappa shape index (κ3) is 5.07. The van der Waals surface area contributed by atoms with Gasteiger partial charge in [-0.3, -0.25) is 4.79 Å². The second-order valence-corrected chi connectivity index (χ2v) is 11.6. The summed E-state index contributed by atoms with van der Waals surface area (Å²) in [7, 11) is 0. The van der Waals surface area contributed by atoms with Gasteiger partial charge in [0.1, 0.15) is 16.4 Å². The number of anilines is 2. The van der Waals surface area contributed by atoms with E-state index < -0.39 is 30.1 Å². The molecule has 2 N–H and O–H groups in total. The summed E-state index contributed by atoms with van der Waals surface area (Å²) in [6.07, 6.45) is -1.30. The van der Waals surface area contributed by atoms with Crippen LogP contribution in [0.2, 0.25) is 0 Å². The zero-order valence-corrected chi connectivity index (χ0v) is 23.1. The summed E-state index contributed by atoms with van der Waals surface area (Å²) in [5, 5.41) is 10.2. The van der Waals surface area contributed by atoms with Crippen LogP contribution in [0.3, 0.4) is 0 Å². The van der Waals surface area contributed by atoms with Crippen LogP contribution < -0.4 is 10.6 Å². The zero-order valence-electron chi connectivity index (χ0n) is 20.7. The normalized spacial score (nSPS) is 20.7. The summed E-state index contributed by atoms with van der Waals surface area (Å²) < 4.78 is 49.1. The van der Waals surface area contributed by atoms with Gasteiger partial charge < -0.3 is 15.4 Å². The standard InChI is InChI=1S/C26H26BrF3N4O3S/c1-3-37-25(36)21-16-9-4-13(2)10-19(16)38-24(21)33-23(35)17-12-31-34-20(26(28,29)30)11-18(32-22(17)34)14-5-7-15(27)8-6-14/h5-8,12-13,18,20,32H,3-4,9-11H2,1-2H3,(H,33,35). The highest BCUT2D eigenvalue weighted by Gasteiger charge is 2.47. The largest absolute Gasteiger partial charge is 0.462 e. The van der Waals surface area contributed by atoms with Crippen LogP contribution in [-0.4, -0.2) is 34.4 Å². The molecule has 1 aromatic carbocycles. The number of rotatable bonds is 5. The quantitative estimate of drug-likeness (QED) is 0.306. The molecule has 0 bridgehead atoms. The lowest BCUT2D eigenvalue weighted by Gasteiger charge is -2.34. The fraction of sp³-hybridized carbons (Fsp3) is 0.423. The number of hydrogen-bond acceptors (Lipinski definition) is 6. The Bertz CT molecular complexity index is 1370. The number of benzene rings is 1. The molecule has 0 saturated heterocycles. The van der Waals surface area contributed by atoms with Crippen molar-refractivity contribution in [3.8, 4) is 0 Å². The van der Waals surface area contributed by atoms with E-state index in [9.17, 15) is 22.8 Å². The van der Waals surface area contributed by atoms with Crippen molar-refractivity contribution in [3.05, 3.63) is 62.1 Å². The number of amides is 1. The maximum absolute atomic E-state index is 14.1. The first kappa shape index (κ1) is 26.7. The first-order valence-electron chi connectivity index (χ1n) is 12.4. The lowest BCUT2D eigenvalue weighted by molar-refractivity contribution is -0.173. The van der Waals surface area contributed by atoms with Gasteiger partial charge in [-0.25, -0.2) is 9.48 Å². The number of hydrogen-bond donors (Lipinski definition) is 2. The Balaban J connectivity index is 1.49. The molecule has 2 aromatic heterocycles. The average Bonchev–Trinajstić information content (AvgIpc) is 3.44. The van der Waals surface area contributed by atoms with Crippen LogP contribution in [0.1, 0.15) is 75.5 Å². The zero-order chi connectivity index (χ0) is 27.2. The van der Waals surface area contributed by atoms with E-state index in [0.29, 0.717) is 28.5 Å². The van der Waals surface area contributed by atoms with E-state index in [1.54, 1.807) is 31.2 Å². The van der Waals surface area contributed by atoms with Gasteiger partial charge >= 0.3 is 12.1 Å². The highest BCUT2D eigenvalue weighted by atomic mass is 79.9. The molecule has 0 fully saturated rings. The van der Waals surface area contributed by atoms with Crippen LogP contribution >= 0.6 is 27.3 Å². The minimum atomic E-state index is -4.56.